The summed E-state index contributed by atoms with van der Waals surface area (Å²) in [5.74, 6) is 0.269. The number of nitrogens with zero attached hydrogens (tertiary/aromatic N) is 1. The van der Waals surface area contributed by atoms with Gasteiger partial charge in [-0.1, -0.05) is 0 Å². The average Bonchev–Trinajstić information content (AvgIpc) is 2.33. The van der Waals surface area contributed by atoms with E-state index in [1.807, 2.05) is 0 Å². The van der Waals surface area contributed by atoms with Crippen molar-refractivity contribution < 1.29 is 4.79 Å². The highest BCUT2D eigenvalue weighted by Crippen LogP contribution is 2.14. The molecule has 12 heavy (non-hydrogen) atoms. The normalized spacial score (nSPS) is 25.4. The van der Waals surface area contributed by atoms with Gasteiger partial charge in [-0.15, -0.1) is 0 Å². The van der Waals surface area contributed by atoms with Crippen LogP contribution in [0.15, 0.2) is 11.8 Å². The first-order valence-electron chi connectivity index (χ1n) is 4.42. The molecule has 2 aliphatic rings. The minimum Gasteiger partial charge on any atom is -0.383 e. The molecule has 0 saturated carbocycles. The predicted molar refractivity (Wildman–Crippen MR) is 46.7 cm³/mol. The molecule has 2 rings (SSSR count). The fourth-order valence-electron chi connectivity index (χ4n) is 1.76. The van der Waals surface area contributed by atoms with Crippen molar-refractivity contribution in [2.24, 2.45) is 0 Å². The molecule has 0 amide bonds. The Morgan fingerprint density at radius 3 is 2.75 bits per heavy atom. The Bertz CT molecular complexity index is 229. The molecule has 1 fully saturated rings. The molecule has 0 aromatic rings. The van der Waals surface area contributed by atoms with Gasteiger partial charge in [0, 0.05) is 31.3 Å². The largest absolute Gasteiger partial charge is 0.383 e. The molecule has 0 aromatic heterocycles. The molecule has 0 radical (unpaired) electrons. The molecule has 1 saturated heterocycles. The number of likely N-dealkylation sites (tertiary alicyclic amines) is 1. The van der Waals surface area contributed by atoms with Gasteiger partial charge in [0.05, 0.1) is 6.04 Å². The molecule has 0 aromatic carbocycles. The minimum absolute atomic E-state index is 0.269. The molecule has 3 heteroatoms. The van der Waals surface area contributed by atoms with E-state index < -0.39 is 0 Å². The van der Waals surface area contributed by atoms with E-state index in [1.165, 1.54) is 0 Å². The zero-order valence-electron chi connectivity index (χ0n) is 7.34. The molecule has 66 valence electrons. The van der Waals surface area contributed by atoms with Gasteiger partial charge in [-0.25, -0.2) is 0 Å². The van der Waals surface area contributed by atoms with Gasteiger partial charge in [-0.05, 0) is 13.5 Å². The summed E-state index contributed by atoms with van der Waals surface area (Å²) in [5, 5.41) is 3.37. The predicted octanol–water partition coefficient (Wildman–Crippen LogP) is 0.137. The van der Waals surface area contributed by atoms with Crippen molar-refractivity contribution in [3.63, 3.8) is 0 Å². The van der Waals surface area contributed by atoms with Crippen LogP contribution in [-0.4, -0.2) is 36.9 Å². The van der Waals surface area contributed by atoms with Crippen molar-refractivity contribution in [2.75, 3.05) is 20.1 Å². The average molecular weight is 166 g/mol. The molecular formula is C9H14N2O. The maximum absolute atomic E-state index is 10.9. The first-order chi connectivity index (χ1) is 5.74. The van der Waals surface area contributed by atoms with Gasteiger partial charge in [0.1, 0.15) is 0 Å². The fraction of sp³-hybridized carbons (Fsp3) is 0.667. The summed E-state index contributed by atoms with van der Waals surface area (Å²) >= 11 is 0. The Balaban J connectivity index is 1.80. The third-order valence-electron chi connectivity index (χ3n) is 2.43. The van der Waals surface area contributed by atoms with Crippen molar-refractivity contribution in [3.05, 3.63) is 11.8 Å². The molecule has 0 unspecified atom stereocenters. The molecule has 1 aliphatic carbocycles. The highest BCUT2D eigenvalue weighted by atomic mass is 16.1. The summed E-state index contributed by atoms with van der Waals surface area (Å²) in [6, 6.07) is 0.576. The lowest BCUT2D eigenvalue weighted by molar-refractivity contribution is -0.114. The second-order valence-corrected chi connectivity index (χ2v) is 3.70. The summed E-state index contributed by atoms with van der Waals surface area (Å²) in [7, 11) is 2.10. The zero-order chi connectivity index (χ0) is 8.55. The third kappa shape index (κ3) is 1.50. The Hall–Kier alpha value is -0.830. The molecule has 1 N–H and O–H groups in total. The molecule has 1 aliphatic heterocycles. The molecular weight excluding hydrogens is 152 g/mol. The Morgan fingerprint density at radius 2 is 2.25 bits per heavy atom. The summed E-state index contributed by atoms with van der Waals surface area (Å²) in [6.45, 7) is 2.21. The first kappa shape index (κ1) is 7.80. The number of carbonyl (C=O) groups is 1. The number of carbonyl (C=O) groups excluding carboxylic acids is 1. The third-order valence-corrected chi connectivity index (χ3v) is 2.43. The number of ketones is 1. The van der Waals surface area contributed by atoms with Crippen molar-refractivity contribution in [2.45, 2.75) is 18.9 Å². The Labute approximate surface area is 72.4 Å². The zero-order valence-corrected chi connectivity index (χ0v) is 7.34. The number of rotatable bonds is 2. The van der Waals surface area contributed by atoms with E-state index in [1.54, 1.807) is 6.08 Å². The molecule has 3 nitrogen and oxygen atoms in total. The smallest absolute Gasteiger partial charge is 0.157 e. The number of hydrogen-bond donors (Lipinski definition) is 1. The van der Waals surface area contributed by atoms with Gasteiger partial charge < -0.3 is 10.2 Å². The van der Waals surface area contributed by atoms with Crippen LogP contribution in [0.2, 0.25) is 0 Å². The number of allylic oxidation sites excluding steroid dienone is 2. The van der Waals surface area contributed by atoms with E-state index in [9.17, 15) is 4.79 Å². The summed E-state index contributed by atoms with van der Waals surface area (Å²) in [5.41, 5.74) is 1.14. The lowest BCUT2D eigenvalue weighted by atomic mass is 10.1. The quantitative estimate of drug-likeness (QED) is 0.633. The standard InChI is InChI=1S/C9H14N2O/c1-11-5-8(6-11)10-7-2-3-9(12)4-7/h4,8,10H,2-3,5-6H2,1H3. The van der Waals surface area contributed by atoms with Crippen LogP contribution in [0.4, 0.5) is 0 Å². The van der Waals surface area contributed by atoms with Crippen molar-refractivity contribution in [1.29, 1.82) is 0 Å². The topological polar surface area (TPSA) is 32.3 Å². The van der Waals surface area contributed by atoms with E-state index in [0.29, 0.717) is 12.5 Å². The molecule has 0 atom stereocenters. The molecule has 1 heterocycles. The highest BCUT2D eigenvalue weighted by molar-refractivity contribution is 5.92. The summed E-state index contributed by atoms with van der Waals surface area (Å²) < 4.78 is 0. The Kier molecular flexibility index (Phi) is 1.89. The second-order valence-electron chi connectivity index (χ2n) is 3.70. The van der Waals surface area contributed by atoms with Crippen molar-refractivity contribution in [1.82, 2.24) is 10.2 Å². The van der Waals surface area contributed by atoms with E-state index in [-0.39, 0.29) is 5.78 Å². The van der Waals surface area contributed by atoms with Crippen LogP contribution in [0.1, 0.15) is 12.8 Å². The number of likely N-dealkylation sites (N-methyl/N-ethyl adjacent to an activating group) is 1. The Morgan fingerprint density at radius 1 is 1.50 bits per heavy atom. The molecule has 0 bridgehead atoms. The van der Waals surface area contributed by atoms with Gasteiger partial charge in [0.2, 0.25) is 0 Å². The first-order valence-corrected chi connectivity index (χ1v) is 4.42. The summed E-state index contributed by atoms with van der Waals surface area (Å²) in [4.78, 5) is 13.1. The number of hydrogen-bond acceptors (Lipinski definition) is 3. The van der Waals surface area contributed by atoms with Crippen LogP contribution in [0.5, 0.6) is 0 Å². The van der Waals surface area contributed by atoms with E-state index in [0.717, 1.165) is 25.2 Å². The lowest BCUT2D eigenvalue weighted by Gasteiger charge is -2.37. The van der Waals surface area contributed by atoms with Crippen LogP contribution in [-0.2, 0) is 4.79 Å². The van der Waals surface area contributed by atoms with E-state index in [2.05, 4.69) is 17.3 Å². The van der Waals surface area contributed by atoms with Crippen LogP contribution in [0.25, 0.3) is 0 Å². The lowest BCUT2D eigenvalue weighted by Crippen LogP contribution is -2.55. The minimum atomic E-state index is 0.269. The maximum atomic E-state index is 10.9. The van der Waals surface area contributed by atoms with Gasteiger partial charge in [0.15, 0.2) is 5.78 Å². The molecule has 0 spiro atoms. The fourth-order valence-corrected chi connectivity index (χ4v) is 1.76. The van der Waals surface area contributed by atoms with Gasteiger partial charge in [-0.2, -0.15) is 0 Å². The van der Waals surface area contributed by atoms with Gasteiger partial charge >= 0.3 is 0 Å². The van der Waals surface area contributed by atoms with Crippen molar-refractivity contribution in [3.8, 4) is 0 Å². The van der Waals surface area contributed by atoms with E-state index >= 15 is 0 Å². The number of nitrogens with one attached hydrogen (secondary N) is 1. The SMILES string of the molecule is CN1CC(NC2=CC(=O)CC2)C1. The van der Waals surface area contributed by atoms with Gasteiger partial charge in [-0.3, -0.25) is 4.79 Å². The monoisotopic (exact) mass is 166 g/mol. The summed E-state index contributed by atoms with van der Waals surface area (Å²) in [6.07, 6.45) is 3.36. The van der Waals surface area contributed by atoms with Crippen LogP contribution < -0.4 is 5.32 Å². The van der Waals surface area contributed by atoms with E-state index in [4.69, 9.17) is 0 Å². The van der Waals surface area contributed by atoms with Gasteiger partial charge in [0.25, 0.3) is 0 Å². The highest BCUT2D eigenvalue weighted by Gasteiger charge is 2.24. The maximum Gasteiger partial charge on any atom is 0.157 e. The van der Waals surface area contributed by atoms with Crippen LogP contribution >= 0.6 is 0 Å². The van der Waals surface area contributed by atoms with Crippen LogP contribution in [0.3, 0.4) is 0 Å². The van der Waals surface area contributed by atoms with Crippen LogP contribution in [0, 0.1) is 0 Å². The van der Waals surface area contributed by atoms with Crippen molar-refractivity contribution >= 4 is 5.78 Å². The second kappa shape index (κ2) is 2.90.